The predicted molar refractivity (Wildman–Crippen MR) is 133 cm³/mol. The molecule has 2 unspecified atom stereocenters. The summed E-state index contributed by atoms with van der Waals surface area (Å²) in [5.74, 6) is 0.297. The number of ether oxygens (including phenoxy) is 1. The Labute approximate surface area is 212 Å². The zero-order chi connectivity index (χ0) is 24.7. The number of nitrogens with zero attached hydrogens (tertiary/aromatic N) is 3. The van der Waals surface area contributed by atoms with Crippen molar-refractivity contribution in [3.8, 4) is 0 Å². The average molecular weight is 502 g/mol. The number of amides is 3. The van der Waals surface area contributed by atoms with Gasteiger partial charge in [0.15, 0.2) is 0 Å². The van der Waals surface area contributed by atoms with E-state index in [2.05, 4.69) is 0 Å². The van der Waals surface area contributed by atoms with Crippen molar-refractivity contribution in [2.75, 3.05) is 33.2 Å². The second-order valence-electron chi connectivity index (χ2n) is 11.1. The highest BCUT2D eigenvalue weighted by molar-refractivity contribution is 6.30. The SMILES string of the molecule is CN(C(=O)OC1CCC1)C1CN(C(=O)C2CCN(C(=O)C3(C)CC3)CC2)CC1c1ccc(Cl)cc1. The molecule has 2 aliphatic heterocycles. The van der Waals surface area contributed by atoms with Gasteiger partial charge in [-0.3, -0.25) is 9.59 Å². The number of hydrogen-bond donors (Lipinski definition) is 0. The molecule has 5 rings (SSSR count). The van der Waals surface area contributed by atoms with Gasteiger partial charge in [-0.15, -0.1) is 0 Å². The molecule has 2 heterocycles. The first-order valence-electron chi connectivity index (χ1n) is 13.0. The number of likely N-dealkylation sites (N-methyl/N-ethyl adjacent to an activating group) is 1. The van der Waals surface area contributed by atoms with E-state index in [1.54, 1.807) is 11.9 Å². The Bertz CT molecular complexity index is 967. The summed E-state index contributed by atoms with van der Waals surface area (Å²) in [5.41, 5.74) is 0.903. The van der Waals surface area contributed by atoms with Gasteiger partial charge in [0.1, 0.15) is 6.10 Å². The summed E-state index contributed by atoms with van der Waals surface area (Å²) < 4.78 is 5.67. The lowest BCUT2D eigenvalue weighted by molar-refractivity contribution is -0.142. The molecule has 190 valence electrons. The highest BCUT2D eigenvalue weighted by Gasteiger charge is 2.48. The van der Waals surface area contributed by atoms with Gasteiger partial charge in [0.25, 0.3) is 0 Å². The first-order valence-corrected chi connectivity index (χ1v) is 13.4. The summed E-state index contributed by atoms with van der Waals surface area (Å²) in [4.78, 5) is 44.7. The van der Waals surface area contributed by atoms with E-state index in [0.717, 1.165) is 37.7 Å². The van der Waals surface area contributed by atoms with E-state index >= 15 is 0 Å². The largest absolute Gasteiger partial charge is 0.446 e. The van der Waals surface area contributed by atoms with E-state index < -0.39 is 0 Å². The minimum Gasteiger partial charge on any atom is -0.446 e. The molecule has 1 aromatic carbocycles. The third-order valence-electron chi connectivity index (χ3n) is 8.65. The van der Waals surface area contributed by atoms with Gasteiger partial charge in [0, 0.05) is 55.5 Å². The number of likely N-dealkylation sites (tertiary alicyclic amines) is 2. The van der Waals surface area contributed by atoms with Crippen LogP contribution >= 0.6 is 11.6 Å². The molecule has 1 aromatic rings. The van der Waals surface area contributed by atoms with Crippen LogP contribution in [-0.2, 0) is 14.3 Å². The summed E-state index contributed by atoms with van der Waals surface area (Å²) >= 11 is 6.12. The minimum atomic E-state index is -0.312. The van der Waals surface area contributed by atoms with Gasteiger partial charge < -0.3 is 19.4 Å². The van der Waals surface area contributed by atoms with Crippen LogP contribution in [0, 0.1) is 11.3 Å². The maximum atomic E-state index is 13.6. The fourth-order valence-corrected chi connectivity index (χ4v) is 5.74. The Morgan fingerprint density at radius 3 is 2.23 bits per heavy atom. The highest BCUT2D eigenvalue weighted by Crippen LogP contribution is 2.47. The van der Waals surface area contributed by atoms with E-state index in [9.17, 15) is 14.4 Å². The summed E-state index contributed by atoms with van der Waals surface area (Å²) in [6.07, 6.45) is 6.01. The standard InChI is InChI=1S/C27H36ClN3O4/c1-27(12-13-27)25(33)30-14-10-19(11-15-30)24(32)31-16-22(18-6-8-20(28)9-7-18)23(17-31)29(2)26(34)35-21-4-3-5-21/h6-9,19,21-23H,3-5,10-17H2,1-2H3. The number of halogens is 1. The molecule has 0 N–H and O–H groups in total. The lowest BCUT2D eigenvalue weighted by Gasteiger charge is -2.35. The summed E-state index contributed by atoms with van der Waals surface area (Å²) in [7, 11) is 1.78. The molecule has 3 amide bonds. The topological polar surface area (TPSA) is 70.2 Å². The van der Waals surface area contributed by atoms with Crippen molar-refractivity contribution < 1.29 is 19.1 Å². The van der Waals surface area contributed by atoms with E-state index in [1.165, 1.54) is 0 Å². The van der Waals surface area contributed by atoms with Gasteiger partial charge in [-0.1, -0.05) is 30.7 Å². The molecular formula is C27H36ClN3O4. The van der Waals surface area contributed by atoms with Crippen LogP contribution in [0.15, 0.2) is 24.3 Å². The molecule has 0 bridgehead atoms. The van der Waals surface area contributed by atoms with Crippen molar-refractivity contribution in [2.45, 2.75) is 69.9 Å². The smallest absolute Gasteiger partial charge is 0.410 e. The Kier molecular flexibility index (Phi) is 6.73. The molecule has 0 radical (unpaired) electrons. The molecule has 2 saturated carbocycles. The lowest BCUT2D eigenvalue weighted by atomic mass is 9.93. The molecular weight excluding hydrogens is 466 g/mol. The quantitative estimate of drug-likeness (QED) is 0.603. The Hall–Kier alpha value is -2.28. The number of benzene rings is 1. The van der Waals surface area contributed by atoms with Gasteiger partial charge in [-0.25, -0.2) is 4.79 Å². The fraction of sp³-hybridized carbons (Fsp3) is 0.667. The number of rotatable bonds is 5. The average Bonchev–Trinajstić information content (AvgIpc) is 3.44. The molecule has 7 nitrogen and oxygen atoms in total. The van der Waals surface area contributed by atoms with Gasteiger partial charge in [-0.2, -0.15) is 0 Å². The zero-order valence-electron chi connectivity index (χ0n) is 20.7. The molecule has 8 heteroatoms. The van der Waals surface area contributed by atoms with Crippen LogP contribution < -0.4 is 0 Å². The van der Waals surface area contributed by atoms with Crippen LogP contribution in [0.25, 0.3) is 0 Å². The van der Waals surface area contributed by atoms with Crippen molar-refractivity contribution in [3.05, 3.63) is 34.9 Å². The lowest BCUT2D eigenvalue weighted by Crippen LogP contribution is -2.47. The van der Waals surface area contributed by atoms with Gasteiger partial charge in [0.05, 0.1) is 6.04 Å². The van der Waals surface area contributed by atoms with Crippen molar-refractivity contribution >= 4 is 29.5 Å². The maximum absolute atomic E-state index is 13.6. The number of carbonyl (C=O) groups is 3. The highest BCUT2D eigenvalue weighted by atomic mass is 35.5. The number of hydrogen-bond acceptors (Lipinski definition) is 4. The van der Waals surface area contributed by atoms with Crippen LogP contribution in [-0.4, -0.2) is 78.0 Å². The Balaban J connectivity index is 1.25. The van der Waals surface area contributed by atoms with Crippen molar-refractivity contribution in [2.24, 2.45) is 11.3 Å². The number of carbonyl (C=O) groups excluding carboxylic acids is 3. The Morgan fingerprint density at radius 1 is 1.00 bits per heavy atom. The van der Waals surface area contributed by atoms with Crippen LogP contribution in [0.3, 0.4) is 0 Å². The van der Waals surface area contributed by atoms with Gasteiger partial charge in [-0.05, 0) is 62.6 Å². The minimum absolute atomic E-state index is 0.00774. The fourth-order valence-electron chi connectivity index (χ4n) is 5.62. The first-order chi connectivity index (χ1) is 16.7. The Morgan fingerprint density at radius 2 is 1.66 bits per heavy atom. The first kappa shape index (κ1) is 24.4. The van der Waals surface area contributed by atoms with E-state index in [1.807, 2.05) is 41.0 Å². The third-order valence-corrected chi connectivity index (χ3v) is 8.90. The predicted octanol–water partition coefficient (Wildman–Crippen LogP) is 4.29. The molecule has 2 aliphatic carbocycles. The monoisotopic (exact) mass is 501 g/mol. The van der Waals surface area contributed by atoms with Gasteiger partial charge >= 0.3 is 6.09 Å². The van der Waals surface area contributed by atoms with E-state index in [0.29, 0.717) is 44.0 Å². The zero-order valence-corrected chi connectivity index (χ0v) is 21.5. The van der Waals surface area contributed by atoms with Crippen LogP contribution in [0.4, 0.5) is 4.79 Å². The molecule has 4 aliphatic rings. The summed E-state index contributed by atoms with van der Waals surface area (Å²) in [6, 6.07) is 7.53. The molecule has 0 spiro atoms. The second-order valence-corrected chi connectivity index (χ2v) is 11.6. The van der Waals surface area contributed by atoms with Crippen molar-refractivity contribution in [1.29, 1.82) is 0 Å². The molecule has 35 heavy (non-hydrogen) atoms. The van der Waals surface area contributed by atoms with Gasteiger partial charge in [0.2, 0.25) is 11.8 Å². The van der Waals surface area contributed by atoms with E-state index in [-0.39, 0.29) is 47.3 Å². The van der Waals surface area contributed by atoms with Crippen LogP contribution in [0.1, 0.15) is 63.4 Å². The van der Waals surface area contributed by atoms with Crippen molar-refractivity contribution in [3.63, 3.8) is 0 Å². The molecule has 4 fully saturated rings. The van der Waals surface area contributed by atoms with E-state index in [4.69, 9.17) is 16.3 Å². The maximum Gasteiger partial charge on any atom is 0.410 e. The van der Waals surface area contributed by atoms with Crippen LogP contribution in [0.5, 0.6) is 0 Å². The summed E-state index contributed by atoms with van der Waals surface area (Å²) in [5, 5.41) is 0.662. The molecule has 0 aromatic heterocycles. The normalized spacial score (nSPS) is 26.3. The third kappa shape index (κ3) is 5.02. The summed E-state index contributed by atoms with van der Waals surface area (Å²) in [6.45, 7) is 4.38. The van der Waals surface area contributed by atoms with Crippen LogP contribution in [0.2, 0.25) is 5.02 Å². The molecule has 2 atom stereocenters. The van der Waals surface area contributed by atoms with Crippen molar-refractivity contribution in [1.82, 2.24) is 14.7 Å². The number of piperidine rings is 1. The second kappa shape index (κ2) is 9.64. The molecule has 2 saturated heterocycles.